The minimum atomic E-state index is -4.84. The van der Waals surface area contributed by atoms with Gasteiger partial charge in [0.25, 0.3) is 0 Å². The summed E-state index contributed by atoms with van der Waals surface area (Å²) in [6.07, 6.45) is -3.34. The second-order valence-electron chi connectivity index (χ2n) is 12.4. The molecule has 4 fully saturated rings. The Bertz CT molecular complexity index is 1700. The first-order valence-corrected chi connectivity index (χ1v) is 14.4. The number of rotatable bonds is 6. The summed E-state index contributed by atoms with van der Waals surface area (Å²) in [5, 5.41) is 15.0. The molecule has 3 aliphatic carbocycles. The Morgan fingerprint density at radius 1 is 1.16 bits per heavy atom. The minimum Gasteiger partial charge on any atom is -0.465 e. The lowest BCUT2D eigenvalue weighted by molar-refractivity contribution is -0.150. The van der Waals surface area contributed by atoms with E-state index < -0.39 is 52.8 Å². The second kappa shape index (κ2) is 9.26. The first-order valence-electron chi connectivity index (χ1n) is 14.4. The molecule has 0 radical (unpaired) electrons. The Balaban J connectivity index is 1.41. The zero-order chi connectivity index (χ0) is 30.7. The predicted octanol–water partition coefficient (Wildman–Crippen LogP) is 5.40. The fraction of sp³-hybridized carbons (Fsp3) is 0.552. The summed E-state index contributed by atoms with van der Waals surface area (Å²) < 4.78 is 66.4. The quantitative estimate of drug-likeness (QED) is 0.283. The monoisotopic (exact) mass is 602 g/mol. The van der Waals surface area contributed by atoms with Crippen LogP contribution in [-0.4, -0.2) is 60.5 Å². The van der Waals surface area contributed by atoms with Crippen molar-refractivity contribution in [2.24, 2.45) is 11.8 Å². The van der Waals surface area contributed by atoms with Gasteiger partial charge in [0.2, 0.25) is 0 Å². The third-order valence-electron chi connectivity index (χ3n) is 8.99. The Labute approximate surface area is 243 Å². The largest absolute Gasteiger partial charge is 0.465 e. The zero-order valence-corrected chi connectivity index (χ0v) is 23.7. The number of alkyl halides is 3. The van der Waals surface area contributed by atoms with Crippen LogP contribution in [0.2, 0.25) is 0 Å². The van der Waals surface area contributed by atoms with Gasteiger partial charge in [-0.15, -0.1) is 0 Å². The van der Waals surface area contributed by atoms with E-state index >= 15 is 4.39 Å². The van der Waals surface area contributed by atoms with Gasteiger partial charge >= 0.3 is 18.2 Å². The van der Waals surface area contributed by atoms with Gasteiger partial charge in [0.15, 0.2) is 5.82 Å². The highest BCUT2D eigenvalue weighted by atomic mass is 19.4. The van der Waals surface area contributed by atoms with E-state index in [9.17, 15) is 27.9 Å². The van der Waals surface area contributed by atoms with Gasteiger partial charge in [0.1, 0.15) is 29.2 Å². The number of carbonyl (C=O) groups is 2. The van der Waals surface area contributed by atoms with Gasteiger partial charge in [-0.3, -0.25) is 9.58 Å². The van der Waals surface area contributed by atoms with Gasteiger partial charge in [0, 0.05) is 29.3 Å². The summed E-state index contributed by atoms with van der Waals surface area (Å²) in [4.78, 5) is 34.5. The number of nitrogens with two attached hydrogens (primary N) is 1. The maximum absolute atomic E-state index is 16.7. The average Bonchev–Trinajstić information content (AvgIpc) is 3.86. The maximum Gasteiger partial charge on any atom is 0.418 e. The third-order valence-corrected chi connectivity index (χ3v) is 8.99. The number of carbonyl (C=O) groups excluding carboxylic acids is 1. The summed E-state index contributed by atoms with van der Waals surface area (Å²) in [5.41, 5.74) is 4.29. The number of amides is 1. The molecule has 0 aromatic carbocycles. The molecule has 228 valence electrons. The highest BCUT2D eigenvalue weighted by molar-refractivity contribution is 5.91. The van der Waals surface area contributed by atoms with Crippen molar-refractivity contribution in [1.82, 2.24) is 24.6 Å². The fourth-order valence-corrected chi connectivity index (χ4v) is 6.81. The van der Waals surface area contributed by atoms with Crippen LogP contribution in [-0.2, 0) is 15.7 Å². The number of likely N-dealkylation sites (tertiary alicyclic amines) is 1. The first-order chi connectivity index (χ1) is 20.3. The molecular formula is C29H30F4N6O4. The van der Waals surface area contributed by atoms with Crippen molar-refractivity contribution < 1.29 is 37.0 Å². The molecule has 3 N–H and O–H groups in total. The number of esters is 1. The van der Waals surface area contributed by atoms with Crippen molar-refractivity contribution in [3.63, 3.8) is 0 Å². The van der Waals surface area contributed by atoms with Crippen molar-refractivity contribution in [3.8, 4) is 11.3 Å². The summed E-state index contributed by atoms with van der Waals surface area (Å²) >= 11 is 0. The minimum absolute atomic E-state index is 0.0598. The number of anilines is 1. The number of hydrogen-bond donors (Lipinski definition) is 2. The van der Waals surface area contributed by atoms with Crippen molar-refractivity contribution in [3.05, 3.63) is 34.5 Å². The SMILES string of the molecule is Cc1nc(N)cc(-c2nc(C(C)C)c3c([C@@H]4[C@H]5CN(C(=O)O)[C@H](C(=O)OC6CC6)[C@H]54)nn(C4CC4)c3c2F)c1C(F)(F)F. The van der Waals surface area contributed by atoms with E-state index in [1.165, 1.54) is 6.92 Å². The molecule has 3 aromatic heterocycles. The fourth-order valence-electron chi connectivity index (χ4n) is 6.81. The van der Waals surface area contributed by atoms with E-state index in [0.29, 0.717) is 16.8 Å². The number of ether oxygens (including phenoxy) is 1. The van der Waals surface area contributed by atoms with Crippen molar-refractivity contribution in [1.29, 1.82) is 0 Å². The molecule has 10 nitrogen and oxygen atoms in total. The molecule has 3 aromatic rings. The van der Waals surface area contributed by atoms with Crippen LogP contribution in [0.4, 0.5) is 28.2 Å². The van der Waals surface area contributed by atoms with Crippen LogP contribution in [0.25, 0.3) is 22.2 Å². The van der Waals surface area contributed by atoms with Crippen LogP contribution >= 0.6 is 0 Å². The Kier molecular flexibility index (Phi) is 6.00. The number of aromatic nitrogens is 4. The predicted molar refractivity (Wildman–Crippen MR) is 145 cm³/mol. The van der Waals surface area contributed by atoms with Crippen LogP contribution in [0.3, 0.4) is 0 Å². The topological polar surface area (TPSA) is 136 Å². The lowest BCUT2D eigenvalue weighted by atomic mass is 9.96. The van der Waals surface area contributed by atoms with E-state index in [1.807, 2.05) is 13.8 Å². The lowest BCUT2D eigenvalue weighted by Crippen LogP contribution is -2.44. The van der Waals surface area contributed by atoms with E-state index in [-0.39, 0.29) is 53.5 Å². The Morgan fingerprint density at radius 2 is 1.86 bits per heavy atom. The van der Waals surface area contributed by atoms with E-state index in [0.717, 1.165) is 36.6 Å². The number of carboxylic acid groups (broad SMARTS) is 1. The maximum atomic E-state index is 16.7. The van der Waals surface area contributed by atoms with Crippen LogP contribution < -0.4 is 5.73 Å². The molecule has 0 unspecified atom stereocenters. The van der Waals surface area contributed by atoms with Crippen LogP contribution in [0.1, 0.15) is 80.1 Å². The first kappa shape index (κ1) is 27.8. The van der Waals surface area contributed by atoms with Crippen LogP contribution in [0.5, 0.6) is 0 Å². The summed E-state index contributed by atoms with van der Waals surface area (Å²) in [7, 11) is 0. The number of pyridine rings is 2. The lowest BCUT2D eigenvalue weighted by Gasteiger charge is -2.24. The van der Waals surface area contributed by atoms with Gasteiger partial charge in [-0.2, -0.15) is 18.3 Å². The molecule has 3 saturated carbocycles. The molecular weight excluding hydrogens is 572 g/mol. The second-order valence-corrected chi connectivity index (χ2v) is 12.4. The van der Waals surface area contributed by atoms with E-state index in [1.54, 1.807) is 4.68 Å². The number of halogens is 4. The average molecular weight is 603 g/mol. The van der Waals surface area contributed by atoms with E-state index in [4.69, 9.17) is 15.6 Å². The number of nitrogen functional groups attached to an aromatic ring is 1. The molecule has 1 aliphatic heterocycles. The highest BCUT2D eigenvalue weighted by Gasteiger charge is 2.67. The third kappa shape index (κ3) is 4.39. The number of aryl methyl sites for hydroxylation is 1. The van der Waals surface area contributed by atoms with Crippen LogP contribution in [0, 0.1) is 24.6 Å². The Morgan fingerprint density at radius 3 is 2.44 bits per heavy atom. The number of fused-ring (bicyclic) bond motifs is 2. The number of piperidine rings is 1. The molecule has 1 amide bonds. The van der Waals surface area contributed by atoms with Gasteiger partial charge in [-0.05, 0) is 50.5 Å². The summed E-state index contributed by atoms with van der Waals surface area (Å²) in [6.45, 7) is 4.90. The normalized spacial score (nSPS) is 25.0. The zero-order valence-electron chi connectivity index (χ0n) is 23.7. The molecule has 4 atom stereocenters. The number of nitrogens with zero attached hydrogens (tertiary/aromatic N) is 5. The smallest absolute Gasteiger partial charge is 0.418 e. The van der Waals surface area contributed by atoms with Gasteiger partial charge in [0.05, 0.1) is 28.7 Å². The standard InChI is InChI=1S/C29H30F4N6O4/c1-10(2)22-19-24(17-15-9-38(28(41)42)26(18(15)17)27(40)43-13-6-7-13)37-39(12-4-5-12)25(19)21(30)23(36-22)14-8-16(34)35-11(3)20(14)29(31,32)33/h8,10,12-13,15,17-18,26H,4-7,9H2,1-3H3,(H2,34,35)(H,41,42)/t15-,17-,18-,26+/m1/s1. The molecule has 0 spiro atoms. The summed E-state index contributed by atoms with van der Waals surface area (Å²) in [6, 6.07) is -0.152. The van der Waals surface area contributed by atoms with Crippen molar-refractivity contribution in [2.75, 3.05) is 12.3 Å². The molecule has 14 heteroatoms. The molecule has 4 heterocycles. The van der Waals surface area contributed by atoms with Gasteiger partial charge in [-0.25, -0.2) is 23.9 Å². The van der Waals surface area contributed by atoms with Crippen LogP contribution in [0.15, 0.2) is 6.07 Å². The highest BCUT2D eigenvalue weighted by Crippen LogP contribution is 2.63. The molecule has 4 aliphatic rings. The van der Waals surface area contributed by atoms with Gasteiger partial charge < -0.3 is 15.6 Å². The van der Waals surface area contributed by atoms with Crippen molar-refractivity contribution >= 4 is 28.8 Å². The molecule has 43 heavy (non-hydrogen) atoms. The van der Waals surface area contributed by atoms with Gasteiger partial charge in [-0.1, -0.05) is 13.8 Å². The Hall–Kier alpha value is -3.97. The molecule has 1 saturated heterocycles. The van der Waals surface area contributed by atoms with Crippen molar-refractivity contribution in [2.45, 2.75) is 82.7 Å². The molecule has 0 bridgehead atoms. The van der Waals surface area contributed by atoms with E-state index in [2.05, 4.69) is 9.97 Å². The molecule has 7 rings (SSSR count). The summed E-state index contributed by atoms with van der Waals surface area (Å²) in [5.74, 6) is -3.06. The number of hydrogen-bond acceptors (Lipinski definition) is 7.